The van der Waals surface area contributed by atoms with Crippen molar-refractivity contribution in [2.24, 2.45) is 10.8 Å². The van der Waals surface area contributed by atoms with Crippen molar-refractivity contribution < 1.29 is 9.53 Å². The number of carbonyl (C=O) groups excluding carboxylic acids is 1. The van der Waals surface area contributed by atoms with E-state index >= 15 is 0 Å². The van der Waals surface area contributed by atoms with Crippen LogP contribution < -0.4 is 5.32 Å². The van der Waals surface area contributed by atoms with Crippen molar-refractivity contribution in [3.8, 4) is 0 Å². The summed E-state index contributed by atoms with van der Waals surface area (Å²) in [6.07, 6.45) is 2.15. The molecule has 2 unspecified atom stereocenters. The normalized spacial score (nSPS) is 38.5. The Bertz CT molecular complexity index is 300. The van der Waals surface area contributed by atoms with Crippen LogP contribution in [0.2, 0.25) is 0 Å². The highest BCUT2D eigenvalue weighted by Crippen LogP contribution is 2.34. The van der Waals surface area contributed by atoms with Gasteiger partial charge in [0, 0.05) is 19.6 Å². The number of carbonyl (C=O) groups is 1. The highest BCUT2D eigenvalue weighted by Gasteiger charge is 2.43. The lowest BCUT2D eigenvalue weighted by Crippen LogP contribution is -2.39. The molecular weight excluding hydrogens is 216 g/mol. The number of nitrogens with one attached hydrogen (secondary N) is 1. The minimum Gasteiger partial charge on any atom is -0.469 e. The van der Waals surface area contributed by atoms with Gasteiger partial charge in [-0.3, -0.25) is 4.79 Å². The van der Waals surface area contributed by atoms with Crippen LogP contribution in [0, 0.1) is 10.8 Å². The molecule has 17 heavy (non-hydrogen) atoms. The van der Waals surface area contributed by atoms with Crippen LogP contribution in [0.3, 0.4) is 0 Å². The van der Waals surface area contributed by atoms with Crippen LogP contribution in [0.15, 0.2) is 0 Å². The maximum Gasteiger partial charge on any atom is 0.312 e. The third-order valence-corrected chi connectivity index (χ3v) is 4.29. The Balaban J connectivity index is 1.91. The summed E-state index contributed by atoms with van der Waals surface area (Å²) in [6.45, 7) is 9.52. The molecule has 2 aliphatic heterocycles. The Labute approximate surface area is 104 Å². The van der Waals surface area contributed by atoms with Crippen molar-refractivity contribution in [1.29, 1.82) is 0 Å². The zero-order chi connectivity index (χ0) is 12.5. The van der Waals surface area contributed by atoms with Gasteiger partial charge in [0.05, 0.1) is 12.5 Å². The van der Waals surface area contributed by atoms with Crippen molar-refractivity contribution in [3.63, 3.8) is 0 Å². The van der Waals surface area contributed by atoms with Crippen LogP contribution in [0.25, 0.3) is 0 Å². The fourth-order valence-corrected chi connectivity index (χ4v) is 3.15. The first-order valence-corrected chi connectivity index (χ1v) is 6.49. The summed E-state index contributed by atoms with van der Waals surface area (Å²) in [4.78, 5) is 14.2. The van der Waals surface area contributed by atoms with Crippen molar-refractivity contribution >= 4 is 5.97 Å². The summed E-state index contributed by atoms with van der Waals surface area (Å²) < 4.78 is 4.90. The maximum atomic E-state index is 11.7. The van der Waals surface area contributed by atoms with E-state index in [-0.39, 0.29) is 11.4 Å². The summed E-state index contributed by atoms with van der Waals surface area (Å²) in [5, 5.41) is 3.42. The van der Waals surface area contributed by atoms with E-state index in [0.29, 0.717) is 5.41 Å². The average Bonchev–Trinajstić information content (AvgIpc) is 2.86. The largest absolute Gasteiger partial charge is 0.469 e. The molecular formula is C13H24N2O2. The lowest BCUT2D eigenvalue weighted by Gasteiger charge is -2.30. The van der Waals surface area contributed by atoms with Gasteiger partial charge >= 0.3 is 5.97 Å². The number of ether oxygens (including phenoxy) is 1. The Hall–Kier alpha value is -0.610. The summed E-state index contributed by atoms with van der Waals surface area (Å²) in [5.41, 5.74) is 0.0819. The van der Waals surface area contributed by atoms with E-state index < -0.39 is 0 Å². The number of esters is 1. The molecule has 4 heteroatoms. The van der Waals surface area contributed by atoms with Crippen LogP contribution in [-0.4, -0.2) is 50.7 Å². The van der Waals surface area contributed by atoms with E-state index in [1.165, 1.54) is 13.5 Å². The number of likely N-dealkylation sites (tertiary alicyclic amines) is 1. The SMILES string of the molecule is COC(=O)C1(C)CCN(CC2(C)CCNC2)C1. The van der Waals surface area contributed by atoms with Gasteiger partial charge in [-0.25, -0.2) is 0 Å². The molecule has 0 spiro atoms. The van der Waals surface area contributed by atoms with E-state index in [0.717, 1.165) is 39.1 Å². The third-order valence-electron chi connectivity index (χ3n) is 4.29. The number of hydrogen-bond donors (Lipinski definition) is 1. The average molecular weight is 240 g/mol. The molecule has 2 fully saturated rings. The second-order valence-corrected chi connectivity index (χ2v) is 6.25. The Kier molecular flexibility index (Phi) is 3.46. The van der Waals surface area contributed by atoms with E-state index in [1.807, 2.05) is 6.92 Å². The number of hydrogen-bond acceptors (Lipinski definition) is 4. The third kappa shape index (κ3) is 2.63. The molecule has 1 N–H and O–H groups in total. The number of rotatable bonds is 3. The van der Waals surface area contributed by atoms with Crippen molar-refractivity contribution in [2.45, 2.75) is 26.7 Å². The van der Waals surface area contributed by atoms with E-state index in [2.05, 4.69) is 17.1 Å². The predicted molar refractivity (Wildman–Crippen MR) is 66.8 cm³/mol. The standard InChI is InChI=1S/C13H24N2O2/c1-12(4-6-14-8-12)9-15-7-5-13(2,10-15)11(16)17-3/h14H,4-10H2,1-3H3. The second-order valence-electron chi connectivity index (χ2n) is 6.25. The summed E-state index contributed by atoms with van der Waals surface area (Å²) in [6, 6.07) is 0. The molecule has 98 valence electrons. The van der Waals surface area contributed by atoms with Crippen LogP contribution in [-0.2, 0) is 9.53 Å². The highest BCUT2D eigenvalue weighted by molar-refractivity contribution is 5.76. The smallest absolute Gasteiger partial charge is 0.312 e. The number of methoxy groups -OCH3 is 1. The molecule has 0 bridgehead atoms. The molecule has 4 nitrogen and oxygen atoms in total. The quantitative estimate of drug-likeness (QED) is 0.743. The van der Waals surface area contributed by atoms with Crippen LogP contribution in [0.4, 0.5) is 0 Å². The molecule has 0 saturated carbocycles. The molecule has 0 radical (unpaired) electrons. The van der Waals surface area contributed by atoms with Gasteiger partial charge < -0.3 is 15.0 Å². The van der Waals surface area contributed by atoms with Crippen molar-refractivity contribution in [1.82, 2.24) is 10.2 Å². The fourth-order valence-electron chi connectivity index (χ4n) is 3.15. The lowest BCUT2D eigenvalue weighted by atomic mass is 9.88. The van der Waals surface area contributed by atoms with E-state index in [1.54, 1.807) is 0 Å². The summed E-state index contributed by atoms with van der Waals surface area (Å²) in [7, 11) is 1.48. The van der Waals surface area contributed by atoms with Gasteiger partial charge in [-0.05, 0) is 38.3 Å². The summed E-state index contributed by atoms with van der Waals surface area (Å²) >= 11 is 0. The molecule has 0 aromatic rings. The van der Waals surface area contributed by atoms with E-state index in [4.69, 9.17) is 4.74 Å². The molecule has 2 aliphatic rings. The molecule has 2 saturated heterocycles. The van der Waals surface area contributed by atoms with Gasteiger partial charge in [0.2, 0.25) is 0 Å². The first kappa shape index (κ1) is 12.8. The van der Waals surface area contributed by atoms with Gasteiger partial charge in [-0.15, -0.1) is 0 Å². The predicted octanol–water partition coefficient (Wildman–Crippen LogP) is 0.871. The molecule has 2 heterocycles. The molecule has 0 amide bonds. The van der Waals surface area contributed by atoms with Crippen molar-refractivity contribution in [3.05, 3.63) is 0 Å². The second kappa shape index (κ2) is 4.58. The van der Waals surface area contributed by atoms with Crippen LogP contribution >= 0.6 is 0 Å². The van der Waals surface area contributed by atoms with Gasteiger partial charge in [-0.1, -0.05) is 6.92 Å². The van der Waals surface area contributed by atoms with Gasteiger partial charge in [0.25, 0.3) is 0 Å². The first-order chi connectivity index (χ1) is 7.97. The van der Waals surface area contributed by atoms with Gasteiger partial charge in [0.1, 0.15) is 0 Å². The zero-order valence-electron chi connectivity index (χ0n) is 11.2. The highest BCUT2D eigenvalue weighted by atomic mass is 16.5. The minimum absolute atomic E-state index is 0.0605. The fraction of sp³-hybridized carbons (Fsp3) is 0.923. The van der Waals surface area contributed by atoms with E-state index in [9.17, 15) is 4.79 Å². The monoisotopic (exact) mass is 240 g/mol. The molecule has 2 rings (SSSR count). The van der Waals surface area contributed by atoms with Gasteiger partial charge in [0.15, 0.2) is 0 Å². The van der Waals surface area contributed by atoms with Crippen molar-refractivity contribution in [2.75, 3.05) is 39.8 Å². The minimum atomic E-state index is -0.295. The first-order valence-electron chi connectivity index (χ1n) is 6.49. The van der Waals surface area contributed by atoms with Crippen LogP contribution in [0.1, 0.15) is 26.7 Å². The topological polar surface area (TPSA) is 41.6 Å². The molecule has 2 atom stereocenters. The zero-order valence-corrected chi connectivity index (χ0v) is 11.2. The Morgan fingerprint density at radius 3 is 2.76 bits per heavy atom. The number of nitrogens with zero attached hydrogens (tertiary/aromatic N) is 1. The Morgan fingerprint density at radius 2 is 2.18 bits per heavy atom. The lowest BCUT2D eigenvalue weighted by molar-refractivity contribution is -0.151. The van der Waals surface area contributed by atoms with Gasteiger partial charge in [-0.2, -0.15) is 0 Å². The molecule has 0 aromatic carbocycles. The maximum absolute atomic E-state index is 11.7. The Morgan fingerprint density at radius 1 is 1.41 bits per heavy atom. The molecule has 0 aromatic heterocycles. The van der Waals surface area contributed by atoms with Crippen LogP contribution in [0.5, 0.6) is 0 Å². The summed E-state index contributed by atoms with van der Waals surface area (Å²) in [5.74, 6) is -0.0605. The molecule has 0 aliphatic carbocycles.